The van der Waals surface area contributed by atoms with Crippen molar-refractivity contribution >= 4 is 41.7 Å². The highest BCUT2D eigenvalue weighted by molar-refractivity contribution is 14.0. The molecule has 0 unspecified atom stereocenters. The molecule has 0 amide bonds. The lowest BCUT2D eigenvalue weighted by atomic mass is 10.3. The van der Waals surface area contributed by atoms with Crippen LogP contribution in [0.5, 0.6) is 0 Å². The van der Waals surface area contributed by atoms with E-state index < -0.39 is 0 Å². The molecule has 0 aliphatic rings. The molecule has 0 aromatic carbocycles. The third-order valence-electron chi connectivity index (χ3n) is 2.28. The second-order valence-corrected chi connectivity index (χ2v) is 4.66. The Morgan fingerprint density at radius 2 is 2.18 bits per heavy atom. The van der Waals surface area contributed by atoms with Gasteiger partial charge in [-0.1, -0.05) is 6.08 Å². The van der Waals surface area contributed by atoms with Crippen molar-refractivity contribution in [2.75, 3.05) is 39.2 Å². The van der Waals surface area contributed by atoms with E-state index in [9.17, 15) is 0 Å². The van der Waals surface area contributed by atoms with Crippen LogP contribution in [0.25, 0.3) is 0 Å². The number of rotatable bonds is 8. The average molecular weight is 371 g/mol. The molecule has 0 saturated heterocycles. The fraction of sp³-hybridized carbons (Fsp3) is 0.750. The van der Waals surface area contributed by atoms with E-state index >= 15 is 0 Å². The summed E-state index contributed by atoms with van der Waals surface area (Å²) in [5.74, 6) is 2.19. The Morgan fingerprint density at radius 1 is 1.47 bits per heavy atom. The van der Waals surface area contributed by atoms with Crippen LogP contribution in [0, 0.1) is 0 Å². The van der Waals surface area contributed by atoms with Crippen LogP contribution in [0.2, 0.25) is 0 Å². The molecule has 0 rings (SSSR count). The Kier molecular flexibility index (Phi) is 16.2. The van der Waals surface area contributed by atoms with Gasteiger partial charge in [-0.05, 0) is 31.3 Å². The van der Waals surface area contributed by atoms with Crippen molar-refractivity contribution in [2.24, 2.45) is 4.99 Å². The number of nitrogens with zero attached hydrogens (tertiary/aromatic N) is 2. The molecule has 0 radical (unpaired) electrons. The minimum atomic E-state index is 0. The van der Waals surface area contributed by atoms with Gasteiger partial charge in [0.25, 0.3) is 0 Å². The minimum absolute atomic E-state index is 0. The highest BCUT2D eigenvalue weighted by Crippen LogP contribution is 1.96. The van der Waals surface area contributed by atoms with Crippen LogP contribution < -0.4 is 5.32 Å². The molecule has 0 bridgehead atoms. The summed E-state index contributed by atoms with van der Waals surface area (Å²) in [6.45, 7) is 5.75. The molecular weight excluding hydrogens is 345 g/mol. The van der Waals surface area contributed by atoms with Crippen molar-refractivity contribution in [3.05, 3.63) is 12.7 Å². The molecular formula is C12H26IN3S. The van der Waals surface area contributed by atoms with E-state index in [1.807, 2.05) is 24.9 Å². The van der Waals surface area contributed by atoms with Gasteiger partial charge in [-0.2, -0.15) is 11.8 Å². The molecule has 1 N–H and O–H groups in total. The maximum absolute atomic E-state index is 4.26. The van der Waals surface area contributed by atoms with Crippen molar-refractivity contribution in [1.29, 1.82) is 0 Å². The van der Waals surface area contributed by atoms with E-state index in [-0.39, 0.29) is 24.0 Å². The normalized spacial score (nSPS) is 10.6. The molecule has 102 valence electrons. The third kappa shape index (κ3) is 10.9. The van der Waals surface area contributed by atoms with E-state index in [1.54, 1.807) is 0 Å². The van der Waals surface area contributed by atoms with E-state index in [2.05, 4.69) is 35.1 Å². The average Bonchev–Trinajstić information content (AvgIpc) is 2.29. The summed E-state index contributed by atoms with van der Waals surface area (Å²) in [5, 5.41) is 3.37. The number of nitrogens with one attached hydrogen (secondary N) is 1. The Hall–Kier alpha value is 0.0900. The number of halogens is 1. The summed E-state index contributed by atoms with van der Waals surface area (Å²) in [4.78, 5) is 6.43. The van der Waals surface area contributed by atoms with Crippen LogP contribution in [0.15, 0.2) is 17.6 Å². The molecule has 0 heterocycles. The standard InChI is InChI=1S/C12H25N3S.HI/c1-5-6-7-10-15(3)12(13-2)14-9-8-11-16-4;/h5H,1,6-11H2,2-4H3,(H,13,14);1H. The second kappa shape index (κ2) is 14.2. The fourth-order valence-electron chi connectivity index (χ4n) is 1.38. The van der Waals surface area contributed by atoms with Crippen molar-refractivity contribution < 1.29 is 0 Å². The Balaban J connectivity index is 0. The van der Waals surface area contributed by atoms with Gasteiger partial charge < -0.3 is 10.2 Å². The molecule has 5 heteroatoms. The Bertz CT molecular complexity index is 210. The zero-order chi connectivity index (χ0) is 12.2. The van der Waals surface area contributed by atoms with Crippen LogP contribution in [0.1, 0.15) is 19.3 Å². The lowest BCUT2D eigenvalue weighted by Crippen LogP contribution is -2.39. The van der Waals surface area contributed by atoms with Gasteiger partial charge >= 0.3 is 0 Å². The van der Waals surface area contributed by atoms with Gasteiger partial charge in [0.2, 0.25) is 0 Å². The van der Waals surface area contributed by atoms with Crippen molar-refractivity contribution in [1.82, 2.24) is 10.2 Å². The van der Waals surface area contributed by atoms with E-state index in [1.165, 1.54) is 12.2 Å². The summed E-state index contributed by atoms with van der Waals surface area (Å²) in [6.07, 6.45) is 7.47. The lowest BCUT2D eigenvalue weighted by Gasteiger charge is -2.21. The van der Waals surface area contributed by atoms with Gasteiger partial charge in [-0.3, -0.25) is 4.99 Å². The maximum Gasteiger partial charge on any atom is 0.193 e. The topological polar surface area (TPSA) is 27.6 Å². The molecule has 0 fully saturated rings. The van der Waals surface area contributed by atoms with E-state index in [4.69, 9.17) is 0 Å². The maximum atomic E-state index is 4.26. The quantitative estimate of drug-likeness (QED) is 0.234. The van der Waals surface area contributed by atoms with Crippen LogP contribution in [-0.2, 0) is 0 Å². The number of hydrogen-bond acceptors (Lipinski definition) is 2. The summed E-state index contributed by atoms with van der Waals surface area (Å²) in [6, 6.07) is 0. The zero-order valence-corrected chi connectivity index (χ0v) is 14.4. The molecule has 17 heavy (non-hydrogen) atoms. The van der Waals surface area contributed by atoms with Gasteiger partial charge in [0.05, 0.1) is 0 Å². The van der Waals surface area contributed by atoms with E-state index in [0.29, 0.717) is 0 Å². The Labute approximate surface area is 128 Å². The molecule has 0 aromatic heterocycles. The second-order valence-electron chi connectivity index (χ2n) is 3.67. The fourth-order valence-corrected chi connectivity index (χ4v) is 1.81. The molecule has 0 spiro atoms. The van der Waals surface area contributed by atoms with Crippen LogP contribution in [0.4, 0.5) is 0 Å². The summed E-state index contributed by atoms with van der Waals surface area (Å²) in [7, 11) is 3.91. The largest absolute Gasteiger partial charge is 0.356 e. The highest BCUT2D eigenvalue weighted by Gasteiger charge is 2.03. The lowest BCUT2D eigenvalue weighted by molar-refractivity contribution is 0.470. The van der Waals surface area contributed by atoms with Crippen molar-refractivity contribution in [3.8, 4) is 0 Å². The number of thioether (sulfide) groups is 1. The number of unbranched alkanes of at least 4 members (excludes halogenated alkanes) is 1. The van der Waals surface area contributed by atoms with Crippen LogP contribution in [0.3, 0.4) is 0 Å². The Morgan fingerprint density at radius 3 is 2.71 bits per heavy atom. The molecule has 0 saturated carbocycles. The minimum Gasteiger partial charge on any atom is -0.356 e. The SMILES string of the molecule is C=CCCCN(C)C(=NC)NCCCSC.I. The van der Waals surface area contributed by atoms with E-state index in [0.717, 1.165) is 31.9 Å². The summed E-state index contributed by atoms with van der Waals surface area (Å²) >= 11 is 1.88. The van der Waals surface area contributed by atoms with Crippen molar-refractivity contribution in [2.45, 2.75) is 19.3 Å². The monoisotopic (exact) mass is 371 g/mol. The van der Waals surface area contributed by atoms with Gasteiger partial charge in [-0.15, -0.1) is 30.6 Å². The molecule has 0 aliphatic carbocycles. The predicted octanol–water partition coefficient (Wildman–Crippen LogP) is 2.83. The number of guanidine groups is 1. The van der Waals surface area contributed by atoms with Gasteiger partial charge in [0.1, 0.15) is 0 Å². The molecule has 0 atom stereocenters. The number of hydrogen-bond donors (Lipinski definition) is 1. The summed E-state index contributed by atoms with van der Waals surface area (Å²) < 4.78 is 0. The van der Waals surface area contributed by atoms with Crippen LogP contribution in [-0.4, -0.2) is 50.1 Å². The highest BCUT2D eigenvalue weighted by atomic mass is 127. The third-order valence-corrected chi connectivity index (χ3v) is 2.98. The first kappa shape index (κ1) is 19.4. The molecule has 3 nitrogen and oxygen atoms in total. The smallest absolute Gasteiger partial charge is 0.193 e. The first-order valence-electron chi connectivity index (χ1n) is 5.77. The van der Waals surface area contributed by atoms with Crippen molar-refractivity contribution in [3.63, 3.8) is 0 Å². The molecule has 0 aliphatic heterocycles. The predicted molar refractivity (Wildman–Crippen MR) is 91.8 cm³/mol. The summed E-state index contributed by atoms with van der Waals surface area (Å²) in [5.41, 5.74) is 0. The zero-order valence-electron chi connectivity index (χ0n) is 11.2. The number of aliphatic imine (C=N–C) groups is 1. The first-order chi connectivity index (χ1) is 7.76. The number of allylic oxidation sites excluding steroid dienone is 1. The molecule has 0 aromatic rings. The first-order valence-corrected chi connectivity index (χ1v) is 7.17. The van der Waals surface area contributed by atoms with Gasteiger partial charge in [-0.25, -0.2) is 0 Å². The van der Waals surface area contributed by atoms with Crippen LogP contribution >= 0.6 is 35.7 Å². The van der Waals surface area contributed by atoms with Gasteiger partial charge in [0, 0.05) is 27.2 Å². The van der Waals surface area contributed by atoms with Gasteiger partial charge in [0.15, 0.2) is 5.96 Å².